The van der Waals surface area contributed by atoms with E-state index in [2.05, 4.69) is 20.8 Å². The molecule has 1 aliphatic carbocycles. The molecule has 4 heteroatoms. The lowest BCUT2D eigenvalue weighted by Crippen LogP contribution is -2.09. The second-order valence-corrected chi connectivity index (χ2v) is 9.58. The molecule has 0 saturated heterocycles. The van der Waals surface area contributed by atoms with Gasteiger partial charge in [-0.25, -0.2) is 4.79 Å². The summed E-state index contributed by atoms with van der Waals surface area (Å²) in [6.07, 6.45) is 8.46. The number of ether oxygens (including phenoxy) is 2. The van der Waals surface area contributed by atoms with Crippen molar-refractivity contribution in [2.45, 2.75) is 72.1 Å². The van der Waals surface area contributed by atoms with Gasteiger partial charge in [0.15, 0.2) is 0 Å². The van der Waals surface area contributed by atoms with Crippen molar-refractivity contribution in [2.24, 2.45) is 11.3 Å². The molecular weight excluding hydrogens is 400 g/mol. The van der Waals surface area contributed by atoms with Gasteiger partial charge < -0.3 is 9.47 Å². The maximum Gasteiger partial charge on any atom is 0.338 e. The van der Waals surface area contributed by atoms with Crippen molar-refractivity contribution < 1.29 is 19.1 Å². The summed E-state index contributed by atoms with van der Waals surface area (Å²) in [7, 11) is 0. The van der Waals surface area contributed by atoms with E-state index in [-0.39, 0.29) is 11.9 Å². The standard InChI is InChI=1S/C28H36O4/c1-4-5-6-7-8-9-10-26(29)32-25-17-15-22(16-18-25)21-11-13-23(14-12-21)27(30)31-20-24-19-28(24,2)3/h11-18,24H,4-10,19-20H2,1-3H3/t24-/m1/s1. The number of hydrogen-bond acceptors (Lipinski definition) is 4. The molecule has 172 valence electrons. The summed E-state index contributed by atoms with van der Waals surface area (Å²) >= 11 is 0. The van der Waals surface area contributed by atoms with E-state index in [1.165, 1.54) is 25.7 Å². The van der Waals surface area contributed by atoms with Crippen LogP contribution in [0.2, 0.25) is 0 Å². The SMILES string of the molecule is CCCCCCCCC(=O)Oc1ccc(-c2ccc(C(=O)OC[C@H]3CC3(C)C)cc2)cc1. The highest BCUT2D eigenvalue weighted by Crippen LogP contribution is 2.51. The maximum atomic E-state index is 12.3. The van der Waals surface area contributed by atoms with E-state index in [1.807, 2.05) is 36.4 Å². The van der Waals surface area contributed by atoms with Gasteiger partial charge in [0, 0.05) is 6.42 Å². The van der Waals surface area contributed by atoms with Crippen molar-refractivity contribution in [3.05, 3.63) is 54.1 Å². The smallest absolute Gasteiger partial charge is 0.338 e. The second-order valence-electron chi connectivity index (χ2n) is 9.58. The average Bonchev–Trinajstić information content (AvgIpc) is 3.41. The van der Waals surface area contributed by atoms with Crippen LogP contribution < -0.4 is 4.74 Å². The molecule has 0 spiro atoms. The molecule has 0 amide bonds. The van der Waals surface area contributed by atoms with Gasteiger partial charge in [0.1, 0.15) is 5.75 Å². The van der Waals surface area contributed by atoms with Gasteiger partial charge in [-0.2, -0.15) is 0 Å². The van der Waals surface area contributed by atoms with Crippen LogP contribution in [-0.4, -0.2) is 18.5 Å². The van der Waals surface area contributed by atoms with Crippen molar-refractivity contribution >= 4 is 11.9 Å². The number of unbranched alkanes of at least 4 members (excludes halogenated alkanes) is 5. The Morgan fingerprint density at radius 1 is 0.875 bits per heavy atom. The summed E-state index contributed by atoms with van der Waals surface area (Å²) in [4.78, 5) is 24.3. The molecule has 1 saturated carbocycles. The predicted octanol–water partition coefficient (Wildman–Crippen LogP) is 7.21. The van der Waals surface area contributed by atoms with E-state index in [0.29, 0.717) is 35.7 Å². The molecule has 2 aromatic rings. The lowest BCUT2D eigenvalue weighted by atomic mass is 10.0. The van der Waals surface area contributed by atoms with Gasteiger partial charge in [0.05, 0.1) is 12.2 Å². The molecule has 1 fully saturated rings. The number of esters is 2. The first-order chi connectivity index (χ1) is 15.4. The number of rotatable bonds is 12. The Labute approximate surface area is 192 Å². The van der Waals surface area contributed by atoms with E-state index >= 15 is 0 Å². The minimum Gasteiger partial charge on any atom is -0.462 e. The second kappa shape index (κ2) is 11.3. The maximum absolute atomic E-state index is 12.3. The lowest BCUT2D eigenvalue weighted by molar-refractivity contribution is -0.134. The first-order valence-corrected chi connectivity index (χ1v) is 12.0. The van der Waals surface area contributed by atoms with Crippen LogP contribution in [0.4, 0.5) is 0 Å². The van der Waals surface area contributed by atoms with Crippen LogP contribution in [0.3, 0.4) is 0 Å². The molecule has 0 N–H and O–H groups in total. The van der Waals surface area contributed by atoms with Crippen molar-refractivity contribution in [1.29, 1.82) is 0 Å². The van der Waals surface area contributed by atoms with Crippen LogP contribution in [0.25, 0.3) is 11.1 Å². The fraction of sp³-hybridized carbons (Fsp3) is 0.500. The normalized spacial score (nSPS) is 16.4. The Hall–Kier alpha value is -2.62. The Kier molecular flexibility index (Phi) is 8.49. The van der Waals surface area contributed by atoms with Crippen LogP contribution in [0.5, 0.6) is 5.75 Å². The van der Waals surface area contributed by atoms with Gasteiger partial charge in [0.25, 0.3) is 0 Å². The van der Waals surface area contributed by atoms with E-state index in [0.717, 1.165) is 30.4 Å². The van der Waals surface area contributed by atoms with Crippen LogP contribution >= 0.6 is 0 Å². The van der Waals surface area contributed by atoms with E-state index < -0.39 is 0 Å². The molecular formula is C28H36O4. The molecule has 4 nitrogen and oxygen atoms in total. The Morgan fingerprint density at radius 3 is 2.03 bits per heavy atom. The molecule has 0 unspecified atom stereocenters. The lowest BCUT2D eigenvalue weighted by Gasteiger charge is -2.08. The van der Waals surface area contributed by atoms with E-state index in [1.54, 1.807) is 12.1 Å². The van der Waals surface area contributed by atoms with Gasteiger partial charge in [-0.05, 0) is 59.6 Å². The fourth-order valence-electron chi connectivity index (χ4n) is 3.87. The number of carbonyl (C=O) groups is 2. The van der Waals surface area contributed by atoms with Crippen LogP contribution in [0.1, 0.15) is 82.5 Å². The summed E-state index contributed by atoms with van der Waals surface area (Å²) in [5.41, 5.74) is 2.86. The molecule has 32 heavy (non-hydrogen) atoms. The monoisotopic (exact) mass is 436 g/mol. The highest BCUT2D eigenvalue weighted by Gasteiger charge is 2.46. The van der Waals surface area contributed by atoms with Gasteiger partial charge in [-0.3, -0.25) is 4.79 Å². The molecule has 0 radical (unpaired) electrons. The molecule has 0 aromatic heterocycles. The van der Waals surface area contributed by atoms with E-state index in [4.69, 9.17) is 9.47 Å². The molecule has 2 aromatic carbocycles. The zero-order valence-electron chi connectivity index (χ0n) is 19.7. The first kappa shape index (κ1) is 24.0. The van der Waals surface area contributed by atoms with E-state index in [9.17, 15) is 9.59 Å². The zero-order chi connectivity index (χ0) is 23.0. The highest BCUT2D eigenvalue weighted by molar-refractivity contribution is 5.90. The highest BCUT2D eigenvalue weighted by atomic mass is 16.5. The van der Waals surface area contributed by atoms with Gasteiger partial charge in [-0.15, -0.1) is 0 Å². The van der Waals surface area contributed by atoms with Gasteiger partial charge in [-0.1, -0.05) is 77.1 Å². The van der Waals surface area contributed by atoms with Gasteiger partial charge in [0.2, 0.25) is 0 Å². The van der Waals surface area contributed by atoms with Crippen molar-refractivity contribution in [3.63, 3.8) is 0 Å². The number of hydrogen-bond donors (Lipinski definition) is 0. The minimum absolute atomic E-state index is 0.175. The Bertz CT molecular complexity index is 881. The van der Waals surface area contributed by atoms with Crippen LogP contribution in [0, 0.1) is 11.3 Å². The summed E-state index contributed by atoms with van der Waals surface area (Å²) in [6.45, 7) is 7.09. The molecule has 0 aliphatic heterocycles. The average molecular weight is 437 g/mol. The zero-order valence-corrected chi connectivity index (χ0v) is 19.7. The summed E-state index contributed by atoms with van der Waals surface area (Å²) < 4.78 is 10.9. The van der Waals surface area contributed by atoms with Crippen molar-refractivity contribution in [3.8, 4) is 16.9 Å². The van der Waals surface area contributed by atoms with Crippen molar-refractivity contribution in [2.75, 3.05) is 6.61 Å². The summed E-state index contributed by atoms with van der Waals surface area (Å²) in [6, 6.07) is 14.9. The number of benzene rings is 2. The predicted molar refractivity (Wildman–Crippen MR) is 128 cm³/mol. The topological polar surface area (TPSA) is 52.6 Å². The molecule has 1 aliphatic rings. The quantitative estimate of drug-likeness (QED) is 0.200. The Morgan fingerprint density at radius 2 is 1.44 bits per heavy atom. The molecule has 0 bridgehead atoms. The summed E-state index contributed by atoms with van der Waals surface area (Å²) in [5.74, 6) is 0.592. The third kappa shape index (κ3) is 7.22. The minimum atomic E-state index is -0.271. The molecule has 1 atom stereocenters. The Balaban J connectivity index is 1.44. The van der Waals surface area contributed by atoms with Crippen LogP contribution in [-0.2, 0) is 9.53 Å². The first-order valence-electron chi connectivity index (χ1n) is 12.0. The third-order valence-electron chi connectivity index (χ3n) is 6.41. The molecule has 0 heterocycles. The fourth-order valence-corrected chi connectivity index (χ4v) is 3.87. The largest absolute Gasteiger partial charge is 0.462 e. The third-order valence-corrected chi connectivity index (χ3v) is 6.41. The molecule has 3 rings (SSSR count). The summed E-state index contributed by atoms with van der Waals surface area (Å²) in [5, 5.41) is 0. The van der Waals surface area contributed by atoms with Crippen molar-refractivity contribution in [1.82, 2.24) is 0 Å². The number of carbonyl (C=O) groups excluding carboxylic acids is 2. The van der Waals surface area contributed by atoms with Gasteiger partial charge >= 0.3 is 11.9 Å². The van der Waals surface area contributed by atoms with Crippen LogP contribution in [0.15, 0.2) is 48.5 Å².